The van der Waals surface area contributed by atoms with E-state index in [9.17, 15) is 13.9 Å². The molecular formula is C5H12NO6P2+. The Hall–Kier alpha value is -0.320. The molecule has 0 saturated heterocycles. The largest absolute Gasteiger partial charge is 0.507 e. The fourth-order valence-corrected chi connectivity index (χ4v) is 1.64. The van der Waals surface area contributed by atoms with E-state index < -0.39 is 21.8 Å². The maximum Gasteiger partial charge on any atom is 0.507 e. The van der Waals surface area contributed by atoms with Gasteiger partial charge >= 0.3 is 15.6 Å². The molecule has 0 spiro atoms. The molecule has 0 aromatic heterocycles. The highest BCUT2D eigenvalue weighted by Gasteiger charge is 2.17. The van der Waals surface area contributed by atoms with Crippen molar-refractivity contribution in [1.29, 1.82) is 0 Å². The average molecular weight is 244 g/mol. The molecule has 9 heteroatoms. The maximum atomic E-state index is 10.4. The summed E-state index contributed by atoms with van der Waals surface area (Å²) in [5.41, 5.74) is 0. The summed E-state index contributed by atoms with van der Waals surface area (Å²) >= 11 is 0. The lowest BCUT2D eigenvalue weighted by Crippen LogP contribution is -2.27. The van der Waals surface area contributed by atoms with Crippen LogP contribution in [0.25, 0.3) is 0 Å². The van der Waals surface area contributed by atoms with E-state index in [2.05, 4.69) is 0 Å². The van der Waals surface area contributed by atoms with Crippen molar-refractivity contribution >= 4 is 22.0 Å². The second kappa shape index (κ2) is 6.22. The number of carbonyl (C=O) groups is 1. The Morgan fingerprint density at radius 1 is 1.36 bits per heavy atom. The monoisotopic (exact) mass is 244 g/mol. The molecule has 82 valence electrons. The first-order chi connectivity index (χ1) is 6.35. The van der Waals surface area contributed by atoms with Crippen LogP contribution in [0.3, 0.4) is 0 Å². The lowest BCUT2D eigenvalue weighted by atomic mass is 10.6. The summed E-state index contributed by atoms with van der Waals surface area (Å²) in [6.45, 7) is -0.0911. The van der Waals surface area contributed by atoms with Gasteiger partial charge in [-0.25, -0.2) is 0 Å². The van der Waals surface area contributed by atoms with Gasteiger partial charge in [0.1, 0.15) is 0 Å². The second-order valence-corrected chi connectivity index (χ2v) is 5.53. The summed E-state index contributed by atoms with van der Waals surface area (Å²) in [6, 6.07) is 0. The van der Waals surface area contributed by atoms with E-state index in [-0.39, 0.29) is 19.3 Å². The highest BCUT2D eigenvalue weighted by Crippen LogP contribution is 2.33. The molecule has 3 N–H and O–H groups in total. The summed E-state index contributed by atoms with van der Waals surface area (Å²) < 4.78 is 20.7. The lowest BCUT2D eigenvalue weighted by Gasteiger charge is -2.14. The van der Waals surface area contributed by atoms with Crippen LogP contribution in [0.2, 0.25) is 0 Å². The first-order valence-electron chi connectivity index (χ1n) is 3.72. The molecule has 7 nitrogen and oxygen atoms in total. The summed E-state index contributed by atoms with van der Waals surface area (Å²) in [4.78, 5) is 36.8. The molecule has 1 amide bonds. The molecule has 14 heavy (non-hydrogen) atoms. The Bertz CT molecular complexity index is 251. The molecule has 0 aliphatic carbocycles. The first kappa shape index (κ1) is 13.7. The number of carbonyl (C=O) groups excluding carboxylic acids is 1. The number of rotatable bonds is 7. The van der Waals surface area contributed by atoms with Crippen molar-refractivity contribution in [1.82, 2.24) is 4.90 Å². The molecule has 0 fully saturated rings. The van der Waals surface area contributed by atoms with Crippen molar-refractivity contribution in [2.75, 3.05) is 25.4 Å². The fraction of sp³-hybridized carbons (Fsp3) is 0.800. The molecule has 0 aliphatic rings. The third kappa shape index (κ3) is 8.29. The van der Waals surface area contributed by atoms with Crippen LogP contribution in [0.15, 0.2) is 0 Å². The Balaban J connectivity index is 3.86. The third-order valence-electron chi connectivity index (χ3n) is 1.41. The van der Waals surface area contributed by atoms with Crippen LogP contribution in [-0.4, -0.2) is 51.4 Å². The molecule has 0 radical (unpaired) electrons. The van der Waals surface area contributed by atoms with Gasteiger partial charge in [0.15, 0.2) is 6.16 Å². The lowest BCUT2D eigenvalue weighted by molar-refractivity contribution is -0.117. The van der Waals surface area contributed by atoms with Gasteiger partial charge in [-0.2, -0.15) is 4.89 Å². The van der Waals surface area contributed by atoms with Crippen molar-refractivity contribution in [3.8, 4) is 0 Å². The number of nitrogens with zero attached hydrogens (tertiary/aromatic N) is 1. The van der Waals surface area contributed by atoms with Gasteiger partial charge in [0, 0.05) is 6.54 Å². The number of hydrogen-bond donors (Lipinski definition) is 3. The summed E-state index contributed by atoms with van der Waals surface area (Å²) in [5, 5.41) is 0. The van der Waals surface area contributed by atoms with E-state index in [4.69, 9.17) is 14.7 Å². The second-order valence-electron chi connectivity index (χ2n) is 2.61. The van der Waals surface area contributed by atoms with Crippen LogP contribution < -0.4 is 0 Å². The number of amides is 1. The first-order valence-corrected chi connectivity index (χ1v) is 6.92. The Morgan fingerprint density at radius 3 is 2.29 bits per heavy atom. The van der Waals surface area contributed by atoms with Crippen LogP contribution in [0.5, 0.6) is 0 Å². The SMILES string of the molecule is O=CN(CC[P+](=O)O)CCP(=O)(O)O. The van der Waals surface area contributed by atoms with E-state index in [0.29, 0.717) is 6.41 Å². The van der Waals surface area contributed by atoms with E-state index in [1.54, 1.807) is 0 Å². The van der Waals surface area contributed by atoms with Gasteiger partial charge in [0.25, 0.3) is 0 Å². The molecule has 0 saturated carbocycles. The predicted molar refractivity (Wildman–Crippen MR) is 49.2 cm³/mol. The van der Waals surface area contributed by atoms with Gasteiger partial charge in [-0.15, -0.1) is 0 Å². The van der Waals surface area contributed by atoms with E-state index in [0.717, 1.165) is 4.90 Å². The maximum absolute atomic E-state index is 10.4. The number of hydrogen-bond acceptors (Lipinski definition) is 3. The van der Waals surface area contributed by atoms with E-state index in [1.807, 2.05) is 0 Å². The standard InChI is InChI=1S/C5H11NO6P2/c7-5-6(1-3-13(8)9)2-4-14(10,11)12/h5H,1-4H2,(H2-,8,9,10,11,12)/p+1. The zero-order valence-electron chi connectivity index (χ0n) is 7.31. The predicted octanol–water partition coefficient (Wildman–Crippen LogP) is -0.643. The van der Waals surface area contributed by atoms with Crippen molar-refractivity contribution < 1.29 is 28.6 Å². The molecular weight excluding hydrogens is 232 g/mol. The van der Waals surface area contributed by atoms with Crippen LogP contribution in [0.1, 0.15) is 0 Å². The van der Waals surface area contributed by atoms with Crippen molar-refractivity contribution in [2.45, 2.75) is 0 Å². The van der Waals surface area contributed by atoms with Gasteiger partial charge in [-0.3, -0.25) is 9.36 Å². The molecule has 1 unspecified atom stereocenters. The van der Waals surface area contributed by atoms with Crippen LogP contribution in [0, 0.1) is 0 Å². The zero-order chi connectivity index (χ0) is 11.2. The van der Waals surface area contributed by atoms with Gasteiger partial charge < -0.3 is 14.7 Å². The normalized spacial score (nSPS) is 12.4. The van der Waals surface area contributed by atoms with Crippen molar-refractivity contribution in [3.05, 3.63) is 0 Å². The van der Waals surface area contributed by atoms with Crippen molar-refractivity contribution in [3.63, 3.8) is 0 Å². The van der Waals surface area contributed by atoms with E-state index in [1.165, 1.54) is 0 Å². The average Bonchev–Trinajstić information content (AvgIpc) is 2.02. The molecule has 0 heterocycles. The Kier molecular flexibility index (Phi) is 6.08. The molecule has 0 aromatic carbocycles. The topological polar surface area (TPSA) is 115 Å². The molecule has 0 aromatic rings. The smallest absolute Gasteiger partial charge is 0.340 e. The third-order valence-corrected chi connectivity index (χ3v) is 2.77. The zero-order valence-corrected chi connectivity index (χ0v) is 9.10. The van der Waals surface area contributed by atoms with Gasteiger partial charge in [-0.05, 0) is 4.57 Å². The Labute approximate surface area is 81.8 Å². The van der Waals surface area contributed by atoms with Gasteiger partial charge in [-0.1, -0.05) is 0 Å². The molecule has 1 atom stereocenters. The highest BCUT2D eigenvalue weighted by atomic mass is 31.2. The molecule has 0 aliphatic heterocycles. The summed E-state index contributed by atoms with van der Waals surface area (Å²) in [7, 11) is -6.44. The van der Waals surface area contributed by atoms with Crippen LogP contribution in [-0.2, 0) is 13.9 Å². The molecule has 0 rings (SSSR count). The van der Waals surface area contributed by atoms with Crippen LogP contribution in [0.4, 0.5) is 0 Å². The summed E-state index contributed by atoms with van der Waals surface area (Å²) in [6.07, 6.45) is -0.127. The van der Waals surface area contributed by atoms with Crippen molar-refractivity contribution in [2.24, 2.45) is 0 Å². The Morgan fingerprint density at radius 2 is 1.93 bits per heavy atom. The molecule has 0 bridgehead atoms. The fourth-order valence-electron chi connectivity index (χ4n) is 0.690. The van der Waals surface area contributed by atoms with E-state index >= 15 is 0 Å². The summed E-state index contributed by atoms with van der Waals surface area (Å²) in [5.74, 6) is 0. The minimum Gasteiger partial charge on any atom is -0.340 e. The highest BCUT2D eigenvalue weighted by molar-refractivity contribution is 7.51. The quantitative estimate of drug-likeness (QED) is 0.405. The van der Waals surface area contributed by atoms with Gasteiger partial charge in [0.05, 0.1) is 12.7 Å². The van der Waals surface area contributed by atoms with Crippen LogP contribution >= 0.6 is 15.6 Å². The minimum atomic E-state index is -4.12. The van der Waals surface area contributed by atoms with Gasteiger partial charge in [0.2, 0.25) is 6.41 Å². The minimum absolute atomic E-state index is 0.0230.